The van der Waals surface area contributed by atoms with Gasteiger partial charge in [0.1, 0.15) is 5.75 Å². The maximum atomic E-state index is 13.0. The molecule has 1 aliphatic rings. The number of benzene rings is 2. The van der Waals surface area contributed by atoms with E-state index >= 15 is 0 Å². The summed E-state index contributed by atoms with van der Waals surface area (Å²) in [5.41, 5.74) is 3.77. The smallest absolute Gasteiger partial charge is 0.243 e. The lowest BCUT2D eigenvalue weighted by molar-refractivity contribution is -0.120. The van der Waals surface area contributed by atoms with Crippen LogP contribution in [-0.2, 0) is 14.8 Å². The van der Waals surface area contributed by atoms with Crippen molar-refractivity contribution in [2.24, 2.45) is 5.92 Å². The summed E-state index contributed by atoms with van der Waals surface area (Å²) in [6, 6.07) is 10.7. The first-order chi connectivity index (χ1) is 13.7. The molecule has 0 radical (unpaired) electrons. The monoisotopic (exact) mass is 416 g/mol. The first-order valence-corrected chi connectivity index (χ1v) is 11.2. The van der Waals surface area contributed by atoms with Gasteiger partial charge in [-0.2, -0.15) is 4.31 Å². The minimum Gasteiger partial charge on any atom is -0.496 e. The normalized spacial score (nSPS) is 15.9. The van der Waals surface area contributed by atoms with Crippen molar-refractivity contribution in [3.63, 3.8) is 0 Å². The summed E-state index contributed by atoms with van der Waals surface area (Å²) in [7, 11) is -2.02. The molecule has 156 valence electrons. The summed E-state index contributed by atoms with van der Waals surface area (Å²) >= 11 is 0. The number of nitrogens with zero attached hydrogens (tertiary/aromatic N) is 1. The number of hydrogen-bond acceptors (Lipinski definition) is 4. The van der Waals surface area contributed by atoms with Gasteiger partial charge in [-0.3, -0.25) is 4.79 Å². The molecule has 3 rings (SSSR count). The standard InChI is InChI=1S/C22H28N2O4S/c1-15-6-5-7-20(17(15)3)23-22(25)18-10-12-24(13-11-18)29(26,27)19-8-9-21(28-4)16(2)14-19/h5-9,14,18H,10-13H2,1-4H3,(H,23,25). The van der Waals surface area contributed by atoms with Crippen molar-refractivity contribution < 1.29 is 17.9 Å². The molecule has 6 nitrogen and oxygen atoms in total. The van der Waals surface area contributed by atoms with Gasteiger partial charge in [0, 0.05) is 24.7 Å². The van der Waals surface area contributed by atoms with Crippen LogP contribution in [0.15, 0.2) is 41.3 Å². The molecule has 0 spiro atoms. The van der Waals surface area contributed by atoms with Crippen molar-refractivity contribution in [2.75, 3.05) is 25.5 Å². The van der Waals surface area contributed by atoms with Gasteiger partial charge >= 0.3 is 0 Å². The zero-order valence-corrected chi connectivity index (χ0v) is 18.2. The Labute approximate surface area is 172 Å². The zero-order chi connectivity index (χ0) is 21.2. The van der Waals surface area contributed by atoms with E-state index in [9.17, 15) is 13.2 Å². The molecule has 1 N–H and O–H groups in total. The second-order valence-corrected chi connectivity index (χ2v) is 9.48. The van der Waals surface area contributed by atoms with Crippen molar-refractivity contribution in [1.82, 2.24) is 4.31 Å². The predicted octanol–water partition coefficient (Wildman–Crippen LogP) is 3.66. The molecule has 1 aliphatic heterocycles. The molecular weight excluding hydrogens is 388 g/mol. The van der Waals surface area contributed by atoms with Crippen LogP contribution in [0.2, 0.25) is 0 Å². The van der Waals surface area contributed by atoms with Gasteiger partial charge in [-0.15, -0.1) is 0 Å². The maximum absolute atomic E-state index is 13.0. The maximum Gasteiger partial charge on any atom is 0.243 e. The molecule has 7 heteroatoms. The van der Waals surface area contributed by atoms with Gasteiger partial charge < -0.3 is 10.1 Å². The van der Waals surface area contributed by atoms with Gasteiger partial charge in [0.15, 0.2) is 0 Å². The van der Waals surface area contributed by atoms with E-state index in [1.54, 1.807) is 25.3 Å². The highest BCUT2D eigenvalue weighted by molar-refractivity contribution is 7.89. The van der Waals surface area contributed by atoms with Crippen molar-refractivity contribution in [1.29, 1.82) is 0 Å². The third-order valence-electron chi connectivity index (χ3n) is 5.69. The summed E-state index contributed by atoms with van der Waals surface area (Å²) in [5, 5.41) is 3.01. The minimum atomic E-state index is -3.58. The third-order valence-corrected chi connectivity index (χ3v) is 7.59. The predicted molar refractivity (Wildman–Crippen MR) is 114 cm³/mol. The molecule has 29 heavy (non-hydrogen) atoms. The third kappa shape index (κ3) is 4.46. The number of carbonyl (C=O) groups is 1. The first kappa shape index (κ1) is 21.3. The second-order valence-electron chi connectivity index (χ2n) is 7.55. The number of piperidine rings is 1. The lowest BCUT2D eigenvalue weighted by atomic mass is 9.97. The Hall–Kier alpha value is -2.38. The van der Waals surface area contributed by atoms with E-state index in [-0.39, 0.29) is 16.7 Å². The van der Waals surface area contributed by atoms with E-state index in [0.717, 1.165) is 22.4 Å². The van der Waals surface area contributed by atoms with Gasteiger partial charge in [-0.25, -0.2) is 8.42 Å². The van der Waals surface area contributed by atoms with Crippen LogP contribution in [0.4, 0.5) is 5.69 Å². The number of hydrogen-bond donors (Lipinski definition) is 1. The second kappa shape index (κ2) is 8.55. The Morgan fingerprint density at radius 1 is 1.07 bits per heavy atom. The van der Waals surface area contributed by atoms with Crippen LogP contribution in [0.5, 0.6) is 5.75 Å². The van der Waals surface area contributed by atoms with Crippen LogP contribution in [0.3, 0.4) is 0 Å². The molecule has 1 saturated heterocycles. The molecule has 1 heterocycles. The summed E-state index contributed by atoms with van der Waals surface area (Å²) in [4.78, 5) is 12.9. The van der Waals surface area contributed by atoms with Crippen LogP contribution in [-0.4, -0.2) is 38.8 Å². The van der Waals surface area contributed by atoms with Crippen LogP contribution >= 0.6 is 0 Å². The van der Waals surface area contributed by atoms with E-state index in [4.69, 9.17) is 4.74 Å². The number of anilines is 1. The van der Waals surface area contributed by atoms with Crippen molar-refractivity contribution >= 4 is 21.6 Å². The summed E-state index contributed by atoms with van der Waals surface area (Å²) < 4.78 is 32.6. The van der Waals surface area contributed by atoms with Crippen LogP contribution in [0.25, 0.3) is 0 Å². The van der Waals surface area contributed by atoms with Crippen molar-refractivity contribution in [3.8, 4) is 5.75 Å². The highest BCUT2D eigenvalue weighted by Gasteiger charge is 2.32. The first-order valence-electron chi connectivity index (χ1n) is 9.76. The van der Waals surface area contributed by atoms with E-state index in [2.05, 4.69) is 5.32 Å². The van der Waals surface area contributed by atoms with Gasteiger partial charge in [0.05, 0.1) is 12.0 Å². The molecule has 0 saturated carbocycles. The lowest BCUT2D eigenvalue weighted by Gasteiger charge is -2.30. The Kier molecular flexibility index (Phi) is 6.29. The average molecular weight is 417 g/mol. The van der Waals surface area contributed by atoms with Gasteiger partial charge in [0.25, 0.3) is 0 Å². The fraction of sp³-hybridized carbons (Fsp3) is 0.409. The van der Waals surface area contributed by atoms with Crippen molar-refractivity contribution in [3.05, 3.63) is 53.1 Å². The number of amides is 1. The fourth-order valence-corrected chi connectivity index (χ4v) is 5.20. The van der Waals surface area contributed by atoms with Crippen molar-refractivity contribution in [2.45, 2.75) is 38.5 Å². The van der Waals surface area contributed by atoms with E-state index in [1.807, 2.05) is 39.0 Å². The topological polar surface area (TPSA) is 75.7 Å². The highest BCUT2D eigenvalue weighted by atomic mass is 32.2. The molecule has 1 amide bonds. The van der Waals surface area contributed by atoms with E-state index in [1.165, 1.54) is 4.31 Å². The Morgan fingerprint density at radius 3 is 2.38 bits per heavy atom. The number of rotatable bonds is 5. The largest absolute Gasteiger partial charge is 0.496 e. The molecule has 0 bridgehead atoms. The van der Waals surface area contributed by atoms with Gasteiger partial charge in [-0.05, 0) is 74.6 Å². The Balaban J connectivity index is 1.65. The number of aryl methyl sites for hydroxylation is 2. The number of ether oxygens (including phenoxy) is 1. The fourth-order valence-electron chi connectivity index (χ4n) is 3.64. The molecule has 0 aromatic heterocycles. The lowest BCUT2D eigenvalue weighted by Crippen LogP contribution is -2.41. The molecule has 0 unspecified atom stereocenters. The number of sulfonamides is 1. The SMILES string of the molecule is COc1ccc(S(=O)(=O)N2CCC(C(=O)Nc3cccc(C)c3C)CC2)cc1C. The van der Waals surface area contributed by atoms with E-state index in [0.29, 0.717) is 31.7 Å². The average Bonchev–Trinajstić information content (AvgIpc) is 2.71. The number of nitrogens with one attached hydrogen (secondary N) is 1. The van der Waals surface area contributed by atoms with Crippen LogP contribution in [0, 0.1) is 26.7 Å². The molecule has 0 aliphatic carbocycles. The summed E-state index contributed by atoms with van der Waals surface area (Å²) in [6.45, 7) is 6.48. The summed E-state index contributed by atoms with van der Waals surface area (Å²) in [6.07, 6.45) is 1.01. The Morgan fingerprint density at radius 2 is 1.76 bits per heavy atom. The Bertz CT molecular complexity index is 1010. The molecular formula is C22H28N2O4S. The molecule has 0 atom stereocenters. The van der Waals surface area contributed by atoms with Crippen LogP contribution < -0.4 is 10.1 Å². The molecule has 2 aromatic carbocycles. The highest BCUT2D eigenvalue weighted by Crippen LogP contribution is 2.28. The molecule has 2 aromatic rings. The van der Waals surface area contributed by atoms with Gasteiger partial charge in [0.2, 0.25) is 15.9 Å². The number of methoxy groups -OCH3 is 1. The number of carbonyl (C=O) groups excluding carboxylic acids is 1. The van der Waals surface area contributed by atoms with E-state index < -0.39 is 10.0 Å². The quantitative estimate of drug-likeness (QED) is 0.807. The van der Waals surface area contributed by atoms with Gasteiger partial charge in [-0.1, -0.05) is 12.1 Å². The van der Waals surface area contributed by atoms with Crippen LogP contribution in [0.1, 0.15) is 29.5 Å². The minimum absolute atomic E-state index is 0.0453. The zero-order valence-electron chi connectivity index (χ0n) is 17.4. The summed E-state index contributed by atoms with van der Waals surface area (Å²) in [5.74, 6) is 0.417. The molecule has 1 fully saturated rings.